The lowest BCUT2D eigenvalue weighted by molar-refractivity contribution is 0.0927. The highest BCUT2D eigenvalue weighted by Crippen LogP contribution is 2.05. The van der Waals surface area contributed by atoms with Gasteiger partial charge < -0.3 is 16.2 Å². The molecule has 0 aromatic heterocycles. The second-order valence-electron chi connectivity index (χ2n) is 4.03. The van der Waals surface area contributed by atoms with E-state index in [1.165, 1.54) is 12.1 Å². The van der Waals surface area contributed by atoms with Crippen LogP contribution in [0.3, 0.4) is 0 Å². The van der Waals surface area contributed by atoms with E-state index >= 15 is 0 Å². The normalized spacial score (nSPS) is 11.9. The molecule has 0 saturated carbocycles. The van der Waals surface area contributed by atoms with Crippen LogP contribution in [0.15, 0.2) is 24.3 Å². The average molecular weight is 250 g/mol. The fourth-order valence-corrected chi connectivity index (χ4v) is 1.59. The summed E-state index contributed by atoms with van der Waals surface area (Å²) in [5.41, 5.74) is 5.95. The standard InChI is InChI=1S/C13H18N2O3/c1-2-11(7-8-16)15-13(18)10-5-3-9(4-6-10)12(14)17/h3-6,11,16H,2,7-8H2,1H3,(H2,14,17)(H,15,18). The van der Waals surface area contributed by atoms with Crippen LogP contribution in [0.2, 0.25) is 0 Å². The number of hydrogen-bond acceptors (Lipinski definition) is 3. The summed E-state index contributed by atoms with van der Waals surface area (Å²) in [6.45, 7) is 1.98. The molecule has 1 unspecified atom stereocenters. The Morgan fingerprint density at radius 3 is 2.28 bits per heavy atom. The van der Waals surface area contributed by atoms with Gasteiger partial charge in [0.25, 0.3) is 5.91 Å². The third kappa shape index (κ3) is 3.85. The molecular formula is C13H18N2O3. The second kappa shape index (κ2) is 6.76. The zero-order valence-electron chi connectivity index (χ0n) is 10.3. The van der Waals surface area contributed by atoms with Crippen LogP contribution in [-0.2, 0) is 0 Å². The van der Waals surface area contributed by atoms with Crippen molar-refractivity contribution in [3.63, 3.8) is 0 Å². The molecule has 0 fully saturated rings. The summed E-state index contributed by atoms with van der Waals surface area (Å²) in [7, 11) is 0. The SMILES string of the molecule is CCC(CCO)NC(=O)c1ccc(C(N)=O)cc1. The van der Waals surface area contributed by atoms with Gasteiger partial charge in [-0.05, 0) is 37.1 Å². The third-order valence-corrected chi connectivity index (χ3v) is 2.74. The average Bonchev–Trinajstić information content (AvgIpc) is 2.38. The van der Waals surface area contributed by atoms with Gasteiger partial charge in [0.15, 0.2) is 0 Å². The number of nitrogens with two attached hydrogens (primary N) is 1. The summed E-state index contributed by atoms with van der Waals surface area (Å²) in [6.07, 6.45) is 1.28. The maximum atomic E-state index is 11.9. The molecule has 0 spiro atoms. The Labute approximate surface area is 106 Å². The van der Waals surface area contributed by atoms with Crippen molar-refractivity contribution < 1.29 is 14.7 Å². The van der Waals surface area contributed by atoms with Crippen molar-refractivity contribution >= 4 is 11.8 Å². The zero-order valence-corrected chi connectivity index (χ0v) is 10.3. The number of primary amides is 1. The van der Waals surface area contributed by atoms with Crippen molar-refractivity contribution in [2.24, 2.45) is 5.73 Å². The van der Waals surface area contributed by atoms with Gasteiger partial charge in [-0.2, -0.15) is 0 Å². The van der Waals surface area contributed by atoms with Gasteiger partial charge in [0.2, 0.25) is 5.91 Å². The van der Waals surface area contributed by atoms with Gasteiger partial charge in [0.05, 0.1) is 0 Å². The van der Waals surface area contributed by atoms with Gasteiger partial charge >= 0.3 is 0 Å². The minimum atomic E-state index is -0.520. The fourth-order valence-electron chi connectivity index (χ4n) is 1.59. The number of aliphatic hydroxyl groups is 1. The highest BCUT2D eigenvalue weighted by Gasteiger charge is 2.12. The van der Waals surface area contributed by atoms with Crippen LogP contribution in [0.1, 0.15) is 40.5 Å². The van der Waals surface area contributed by atoms with E-state index in [0.717, 1.165) is 6.42 Å². The molecule has 0 bridgehead atoms. The maximum absolute atomic E-state index is 11.9. The molecule has 0 aliphatic carbocycles. The molecule has 1 aromatic carbocycles. The van der Waals surface area contributed by atoms with E-state index in [2.05, 4.69) is 5.32 Å². The van der Waals surface area contributed by atoms with Crippen molar-refractivity contribution in [3.05, 3.63) is 35.4 Å². The van der Waals surface area contributed by atoms with E-state index in [9.17, 15) is 9.59 Å². The third-order valence-electron chi connectivity index (χ3n) is 2.74. The number of hydrogen-bond donors (Lipinski definition) is 3. The summed E-state index contributed by atoms with van der Waals surface area (Å²) in [5, 5.41) is 11.7. The first-order valence-electron chi connectivity index (χ1n) is 5.90. The summed E-state index contributed by atoms with van der Waals surface area (Å²) < 4.78 is 0. The van der Waals surface area contributed by atoms with Crippen LogP contribution >= 0.6 is 0 Å². The number of amides is 2. The largest absolute Gasteiger partial charge is 0.396 e. The highest BCUT2D eigenvalue weighted by atomic mass is 16.3. The van der Waals surface area contributed by atoms with Gasteiger partial charge in [-0.1, -0.05) is 6.92 Å². The number of nitrogens with one attached hydrogen (secondary N) is 1. The van der Waals surface area contributed by atoms with Gasteiger partial charge in [0, 0.05) is 23.8 Å². The Bertz CT molecular complexity index is 415. The van der Waals surface area contributed by atoms with E-state index < -0.39 is 5.91 Å². The number of carbonyl (C=O) groups is 2. The van der Waals surface area contributed by atoms with Gasteiger partial charge in [0.1, 0.15) is 0 Å². The van der Waals surface area contributed by atoms with E-state index in [4.69, 9.17) is 10.8 Å². The number of rotatable bonds is 6. The molecule has 0 radical (unpaired) electrons. The summed E-state index contributed by atoms with van der Waals surface area (Å²) in [6, 6.07) is 6.11. The molecule has 4 N–H and O–H groups in total. The first-order chi connectivity index (χ1) is 8.58. The van der Waals surface area contributed by atoms with Crippen LogP contribution in [0.5, 0.6) is 0 Å². The first-order valence-corrected chi connectivity index (χ1v) is 5.90. The molecule has 2 amide bonds. The number of aliphatic hydroxyl groups excluding tert-OH is 1. The molecule has 5 heteroatoms. The second-order valence-corrected chi connectivity index (χ2v) is 4.03. The minimum absolute atomic E-state index is 0.0411. The molecule has 18 heavy (non-hydrogen) atoms. The molecule has 5 nitrogen and oxygen atoms in total. The lowest BCUT2D eigenvalue weighted by Gasteiger charge is -2.15. The lowest BCUT2D eigenvalue weighted by Crippen LogP contribution is -2.35. The molecule has 0 heterocycles. The topological polar surface area (TPSA) is 92.4 Å². The summed E-state index contributed by atoms with van der Waals surface area (Å²) >= 11 is 0. The van der Waals surface area contributed by atoms with E-state index in [0.29, 0.717) is 17.5 Å². The molecule has 0 aliphatic heterocycles. The minimum Gasteiger partial charge on any atom is -0.396 e. The van der Waals surface area contributed by atoms with E-state index in [-0.39, 0.29) is 18.6 Å². The summed E-state index contributed by atoms with van der Waals surface area (Å²) in [4.78, 5) is 22.7. The Hall–Kier alpha value is -1.88. The molecule has 1 rings (SSSR count). The molecule has 1 atom stereocenters. The smallest absolute Gasteiger partial charge is 0.251 e. The Morgan fingerprint density at radius 2 is 1.83 bits per heavy atom. The number of benzene rings is 1. The van der Waals surface area contributed by atoms with Crippen LogP contribution in [0, 0.1) is 0 Å². The first kappa shape index (κ1) is 14.2. The quantitative estimate of drug-likeness (QED) is 0.693. The van der Waals surface area contributed by atoms with Gasteiger partial charge in [-0.25, -0.2) is 0 Å². The van der Waals surface area contributed by atoms with E-state index in [1.807, 2.05) is 6.92 Å². The molecule has 0 aliphatic rings. The van der Waals surface area contributed by atoms with Crippen molar-refractivity contribution in [3.8, 4) is 0 Å². The van der Waals surface area contributed by atoms with Gasteiger partial charge in [-0.15, -0.1) is 0 Å². The van der Waals surface area contributed by atoms with Gasteiger partial charge in [-0.3, -0.25) is 9.59 Å². The molecule has 1 aromatic rings. The predicted molar refractivity (Wildman–Crippen MR) is 68.2 cm³/mol. The molecule has 0 saturated heterocycles. The van der Waals surface area contributed by atoms with Crippen molar-refractivity contribution in [1.29, 1.82) is 0 Å². The van der Waals surface area contributed by atoms with Crippen LogP contribution < -0.4 is 11.1 Å². The Morgan fingerprint density at radius 1 is 1.28 bits per heavy atom. The lowest BCUT2D eigenvalue weighted by atomic mass is 10.1. The predicted octanol–water partition coefficient (Wildman–Crippen LogP) is 0.676. The monoisotopic (exact) mass is 250 g/mol. The van der Waals surface area contributed by atoms with Crippen molar-refractivity contribution in [1.82, 2.24) is 5.32 Å². The molecule has 98 valence electrons. The van der Waals surface area contributed by atoms with Crippen LogP contribution in [0.25, 0.3) is 0 Å². The van der Waals surface area contributed by atoms with Crippen LogP contribution in [0.4, 0.5) is 0 Å². The zero-order chi connectivity index (χ0) is 13.5. The molecular weight excluding hydrogens is 232 g/mol. The van der Waals surface area contributed by atoms with Crippen molar-refractivity contribution in [2.75, 3.05) is 6.61 Å². The van der Waals surface area contributed by atoms with Crippen LogP contribution in [-0.4, -0.2) is 29.6 Å². The van der Waals surface area contributed by atoms with Crippen molar-refractivity contribution in [2.45, 2.75) is 25.8 Å². The Balaban J connectivity index is 2.69. The maximum Gasteiger partial charge on any atom is 0.251 e. The highest BCUT2D eigenvalue weighted by molar-refractivity contribution is 5.97. The van der Waals surface area contributed by atoms with E-state index in [1.54, 1.807) is 12.1 Å². The number of carbonyl (C=O) groups excluding carboxylic acids is 2. The Kier molecular flexibility index (Phi) is 5.32. The fraction of sp³-hybridized carbons (Fsp3) is 0.385. The summed E-state index contributed by atoms with van der Waals surface area (Å²) in [5.74, 6) is -0.736.